The zero-order valence-corrected chi connectivity index (χ0v) is 7.49. The summed E-state index contributed by atoms with van der Waals surface area (Å²) in [5.41, 5.74) is 0.957. The summed E-state index contributed by atoms with van der Waals surface area (Å²) in [5, 5.41) is 4.17. The summed E-state index contributed by atoms with van der Waals surface area (Å²) >= 11 is 0. The van der Waals surface area contributed by atoms with E-state index in [-0.39, 0.29) is 0 Å². The van der Waals surface area contributed by atoms with Crippen LogP contribution in [0.25, 0.3) is 6.08 Å². The molecule has 0 aromatic carbocycles. The Balaban J connectivity index is 2.96. The molecule has 1 aromatic rings. The molecule has 1 heterocycles. The molecule has 12 heavy (non-hydrogen) atoms. The van der Waals surface area contributed by atoms with E-state index < -0.39 is 0 Å². The summed E-state index contributed by atoms with van der Waals surface area (Å²) in [6, 6.07) is 0. The van der Waals surface area contributed by atoms with Crippen LogP contribution in [0, 0.1) is 6.92 Å². The molecule has 64 valence electrons. The van der Waals surface area contributed by atoms with E-state index in [0.717, 1.165) is 17.9 Å². The van der Waals surface area contributed by atoms with Crippen molar-refractivity contribution >= 4 is 12.3 Å². The number of hydrogen-bond acceptors (Lipinski definition) is 2. The Labute approximate surface area is 72.4 Å². The van der Waals surface area contributed by atoms with Gasteiger partial charge in [-0.05, 0) is 19.4 Å². The van der Waals surface area contributed by atoms with Gasteiger partial charge in [0.2, 0.25) is 0 Å². The topological polar surface area (TPSA) is 30.2 Å². The lowest BCUT2D eigenvalue weighted by atomic mass is 10.5. The van der Waals surface area contributed by atoms with Gasteiger partial charge in [0.1, 0.15) is 0 Å². The van der Waals surface area contributed by atoms with Gasteiger partial charge < -0.3 is 0 Å². The van der Waals surface area contributed by atoms with Crippen LogP contribution < -0.4 is 0 Å². The number of imidazole rings is 1. The summed E-state index contributed by atoms with van der Waals surface area (Å²) in [6.45, 7) is 7.63. The molecule has 1 aromatic heterocycles. The minimum atomic E-state index is 0.789. The van der Waals surface area contributed by atoms with Crippen molar-refractivity contribution in [3.63, 3.8) is 0 Å². The second-order valence-corrected chi connectivity index (χ2v) is 2.50. The van der Waals surface area contributed by atoms with Crippen LogP contribution >= 0.6 is 0 Å². The van der Waals surface area contributed by atoms with Crippen molar-refractivity contribution in [3.05, 3.63) is 24.3 Å². The highest BCUT2D eigenvalue weighted by atomic mass is 15.4. The number of aryl methyl sites for hydroxylation is 1. The maximum absolute atomic E-state index is 4.21. The van der Waals surface area contributed by atoms with Crippen LogP contribution in [0.15, 0.2) is 17.9 Å². The minimum absolute atomic E-state index is 0.789. The molecular weight excluding hydrogens is 150 g/mol. The molecule has 0 saturated heterocycles. The van der Waals surface area contributed by atoms with E-state index in [9.17, 15) is 0 Å². The molecule has 0 radical (unpaired) electrons. The number of nitrogens with zero attached hydrogens (tertiary/aromatic N) is 3. The van der Waals surface area contributed by atoms with Crippen molar-refractivity contribution < 1.29 is 0 Å². The quantitative estimate of drug-likeness (QED) is 0.627. The van der Waals surface area contributed by atoms with Crippen LogP contribution in [0.1, 0.15) is 24.9 Å². The predicted octanol–water partition coefficient (Wildman–Crippen LogP) is 2.08. The van der Waals surface area contributed by atoms with Crippen LogP contribution in [-0.2, 0) is 0 Å². The van der Waals surface area contributed by atoms with Gasteiger partial charge in [0.25, 0.3) is 0 Å². The van der Waals surface area contributed by atoms with Gasteiger partial charge in [0.15, 0.2) is 5.82 Å². The predicted molar refractivity (Wildman–Crippen MR) is 51.2 cm³/mol. The van der Waals surface area contributed by atoms with Crippen LogP contribution in [0.3, 0.4) is 0 Å². The maximum Gasteiger partial charge on any atom is 0.153 e. The largest absolute Gasteiger partial charge is 0.232 e. The van der Waals surface area contributed by atoms with Gasteiger partial charge >= 0.3 is 0 Å². The minimum Gasteiger partial charge on any atom is -0.232 e. The van der Waals surface area contributed by atoms with E-state index in [1.165, 1.54) is 0 Å². The third-order valence-corrected chi connectivity index (χ3v) is 1.41. The number of hydrogen-bond donors (Lipinski definition) is 0. The van der Waals surface area contributed by atoms with Crippen molar-refractivity contribution in [3.8, 4) is 0 Å². The molecule has 0 aliphatic carbocycles. The zero-order chi connectivity index (χ0) is 8.97. The normalized spacial score (nSPS) is 10.8. The molecule has 0 bridgehead atoms. The molecule has 0 spiro atoms. The van der Waals surface area contributed by atoms with Crippen molar-refractivity contribution in [1.29, 1.82) is 0 Å². The second kappa shape index (κ2) is 3.85. The van der Waals surface area contributed by atoms with Crippen LogP contribution in [0.5, 0.6) is 0 Å². The number of rotatable bonds is 3. The first-order valence-electron chi connectivity index (χ1n) is 3.99. The van der Waals surface area contributed by atoms with Crippen LogP contribution in [0.2, 0.25) is 0 Å². The maximum atomic E-state index is 4.21. The van der Waals surface area contributed by atoms with Crippen LogP contribution in [-0.4, -0.2) is 15.9 Å². The fraction of sp³-hybridized carbons (Fsp3) is 0.333. The van der Waals surface area contributed by atoms with Gasteiger partial charge in [0.05, 0.1) is 11.9 Å². The first-order valence-corrected chi connectivity index (χ1v) is 3.99. The lowest BCUT2D eigenvalue weighted by Crippen LogP contribution is -1.90. The molecule has 0 saturated carbocycles. The van der Waals surface area contributed by atoms with Gasteiger partial charge in [-0.2, -0.15) is 5.10 Å². The Kier molecular flexibility index (Phi) is 2.80. The lowest BCUT2D eigenvalue weighted by Gasteiger charge is -1.93. The molecular formula is C9H13N3. The molecule has 3 nitrogen and oxygen atoms in total. The Hall–Kier alpha value is -1.38. The molecule has 1 rings (SSSR count). The molecule has 0 fully saturated rings. The fourth-order valence-electron chi connectivity index (χ4n) is 0.905. The van der Waals surface area contributed by atoms with Crippen molar-refractivity contribution in [1.82, 2.24) is 9.66 Å². The highest BCUT2D eigenvalue weighted by Gasteiger charge is 1.97. The summed E-state index contributed by atoms with van der Waals surface area (Å²) in [4.78, 5) is 4.21. The van der Waals surface area contributed by atoms with Gasteiger partial charge in [0, 0.05) is 6.21 Å². The molecule has 0 aliphatic rings. The molecule has 3 heteroatoms. The number of aromatic nitrogens is 2. The van der Waals surface area contributed by atoms with Gasteiger partial charge in [-0.15, -0.1) is 0 Å². The van der Waals surface area contributed by atoms with E-state index in [1.807, 2.05) is 26.3 Å². The molecule has 0 aliphatic heterocycles. The SMILES string of the molecule is C=Cc1nc(C)cn1/N=C\CC. The van der Waals surface area contributed by atoms with Crippen molar-refractivity contribution in [2.45, 2.75) is 20.3 Å². The molecule has 0 unspecified atom stereocenters. The summed E-state index contributed by atoms with van der Waals surface area (Å²) < 4.78 is 1.73. The van der Waals surface area contributed by atoms with Crippen molar-refractivity contribution in [2.75, 3.05) is 0 Å². The molecule has 0 N–H and O–H groups in total. The highest BCUT2D eigenvalue weighted by Crippen LogP contribution is 2.02. The van der Waals surface area contributed by atoms with E-state index in [4.69, 9.17) is 0 Å². The van der Waals surface area contributed by atoms with E-state index >= 15 is 0 Å². The summed E-state index contributed by atoms with van der Waals surface area (Å²) in [5.74, 6) is 0.789. The monoisotopic (exact) mass is 163 g/mol. The van der Waals surface area contributed by atoms with Gasteiger partial charge in [-0.1, -0.05) is 13.5 Å². The standard InChI is InChI=1S/C9H13N3/c1-4-6-10-12-7-8(3)11-9(12)5-2/h5-7H,2,4H2,1,3H3/b10-6-. The third-order valence-electron chi connectivity index (χ3n) is 1.41. The van der Waals surface area contributed by atoms with E-state index in [2.05, 4.69) is 16.7 Å². The average Bonchev–Trinajstić information content (AvgIpc) is 2.42. The summed E-state index contributed by atoms with van der Waals surface area (Å²) in [6.07, 6.45) is 6.34. The second-order valence-electron chi connectivity index (χ2n) is 2.50. The lowest BCUT2D eigenvalue weighted by molar-refractivity contribution is 0.862. The van der Waals surface area contributed by atoms with Gasteiger partial charge in [-0.3, -0.25) is 0 Å². The Morgan fingerprint density at radius 2 is 2.50 bits per heavy atom. The van der Waals surface area contributed by atoms with Crippen LogP contribution in [0.4, 0.5) is 0 Å². The first-order chi connectivity index (χ1) is 5.77. The van der Waals surface area contributed by atoms with Crippen molar-refractivity contribution in [2.24, 2.45) is 5.10 Å². The Bertz CT molecular complexity index is 297. The highest BCUT2D eigenvalue weighted by molar-refractivity contribution is 5.56. The Morgan fingerprint density at radius 3 is 3.08 bits per heavy atom. The third kappa shape index (κ3) is 1.81. The van der Waals surface area contributed by atoms with Gasteiger partial charge in [-0.25, -0.2) is 9.66 Å². The first kappa shape index (κ1) is 8.71. The zero-order valence-electron chi connectivity index (χ0n) is 7.49. The summed E-state index contributed by atoms with van der Waals surface area (Å²) in [7, 11) is 0. The Morgan fingerprint density at radius 1 is 1.75 bits per heavy atom. The molecule has 0 atom stereocenters. The van der Waals surface area contributed by atoms with E-state index in [1.54, 1.807) is 10.8 Å². The van der Waals surface area contributed by atoms with E-state index in [0.29, 0.717) is 0 Å². The fourth-order valence-corrected chi connectivity index (χ4v) is 0.905. The molecule has 0 amide bonds. The average molecular weight is 163 g/mol. The smallest absolute Gasteiger partial charge is 0.153 e.